The van der Waals surface area contributed by atoms with Crippen LogP contribution in [0.2, 0.25) is 0 Å². The van der Waals surface area contributed by atoms with Gasteiger partial charge in [-0.05, 0) is 53.8 Å². The van der Waals surface area contributed by atoms with E-state index in [1.165, 1.54) is 48.2 Å². The van der Waals surface area contributed by atoms with Gasteiger partial charge in [0, 0.05) is 16.7 Å². The lowest BCUT2D eigenvalue weighted by Gasteiger charge is -2.32. The predicted octanol–water partition coefficient (Wildman–Crippen LogP) is 9.05. The monoisotopic (exact) mass is 691 g/mol. The Labute approximate surface area is 310 Å². The van der Waals surface area contributed by atoms with Crippen molar-refractivity contribution in [2.24, 2.45) is 0 Å². The van der Waals surface area contributed by atoms with Gasteiger partial charge in [0.15, 0.2) is 25.5 Å². The molecule has 2 heterocycles. The molecule has 1 aliphatic heterocycles. The molecule has 9 aromatic rings. The van der Waals surface area contributed by atoms with Crippen LogP contribution < -0.4 is 20.7 Å². The van der Waals surface area contributed by atoms with Crippen LogP contribution in [-0.2, 0) is 0 Å². The normalized spacial score (nSPS) is 14.5. The Morgan fingerprint density at radius 2 is 0.774 bits per heavy atom. The van der Waals surface area contributed by atoms with Crippen molar-refractivity contribution in [1.29, 1.82) is 0 Å². The summed E-state index contributed by atoms with van der Waals surface area (Å²) in [5, 5.41) is 8.05. The fourth-order valence-corrected chi connectivity index (χ4v) is 13.7. The molecule has 0 bridgehead atoms. The fourth-order valence-electron chi connectivity index (χ4n) is 8.30. The first-order valence-corrected chi connectivity index (χ1v) is 20.0. The van der Waals surface area contributed by atoms with Crippen molar-refractivity contribution in [3.63, 3.8) is 0 Å². The second kappa shape index (κ2) is 12.8. The summed E-state index contributed by atoms with van der Waals surface area (Å²) >= 11 is 0. The van der Waals surface area contributed by atoms with Gasteiger partial charge >= 0.3 is 0 Å². The second-order valence-corrected chi connectivity index (χ2v) is 17.2. The molecular formula is C49H33N3Si. The molecule has 0 saturated heterocycles. The van der Waals surface area contributed by atoms with Crippen LogP contribution in [0.25, 0.3) is 67.2 Å². The Hall–Kier alpha value is -6.75. The Bertz CT molecular complexity index is 2760. The molecule has 1 aliphatic rings. The van der Waals surface area contributed by atoms with Crippen LogP contribution in [0.1, 0.15) is 0 Å². The van der Waals surface area contributed by atoms with E-state index in [4.69, 9.17) is 15.0 Å². The third-order valence-electron chi connectivity index (χ3n) is 10.6. The number of rotatable bonds is 6. The first-order chi connectivity index (χ1) is 26.3. The van der Waals surface area contributed by atoms with E-state index in [0.717, 1.165) is 22.3 Å². The van der Waals surface area contributed by atoms with Gasteiger partial charge < -0.3 is 0 Å². The van der Waals surface area contributed by atoms with Crippen LogP contribution in [0.5, 0.6) is 0 Å². The van der Waals surface area contributed by atoms with Gasteiger partial charge in [0.05, 0.1) is 0 Å². The van der Waals surface area contributed by atoms with E-state index in [0.29, 0.717) is 17.5 Å². The lowest BCUT2D eigenvalue weighted by Crippen LogP contribution is -2.73. The molecule has 4 heteroatoms. The standard InChI is InChI=1S/C49H33N3Si/c1-4-16-34(17-5-1)35-30-32-38(33-31-35)48-50-47(37-19-6-2-7-20-37)51-49(52-48)42-26-15-29-45-46(42)41-25-12-13-27-44(41)53(45,39-22-8-3-9-23-39)43-28-14-21-36-18-10-11-24-40(36)43/h1-33H. The summed E-state index contributed by atoms with van der Waals surface area (Å²) in [7, 11) is -2.82. The van der Waals surface area contributed by atoms with E-state index < -0.39 is 8.07 Å². The van der Waals surface area contributed by atoms with Crippen LogP contribution in [0.4, 0.5) is 0 Å². The number of hydrogen-bond acceptors (Lipinski definition) is 3. The number of nitrogens with zero attached hydrogens (tertiary/aromatic N) is 3. The molecule has 0 aliphatic carbocycles. The molecule has 1 atom stereocenters. The van der Waals surface area contributed by atoms with Gasteiger partial charge in [0.25, 0.3) is 0 Å². The van der Waals surface area contributed by atoms with Gasteiger partial charge in [-0.15, -0.1) is 0 Å². The topological polar surface area (TPSA) is 38.7 Å². The lowest BCUT2D eigenvalue weighted by atomic mass is 9.99. The SMILES string of the molecule is c1ccc(-c2ccc(-c3nc(-c4ccccc4)nc(-c4cccc5c4-c4ccccc4[Si]5(c4ccccc4)c4cccc5ccccc45)n3)cc2)cc1. The summed E-state index contributed by atoms with van der Waals surface area (Å²) in [4.78, 5) is 15.6. The van der Waals surface area contributed by atoms with Gasteiger partial charge in [-0.25, -0.2) is 15.0 Å². The van der Waals surface area contributed by atoms with Crippen LogP contribution in [0.15, 0.2) is 200 Å². The smallest absolute Gasteiger partial charge is 0.181 e. The lowest BCUT2D eigenvalue weighted by molar-refractivity contribution is 1.07. The van der Waals surface area contributed by atoms with E-state index in [2.05, 4.69) is 176 Å². The van der Waals surface area contributed by atoms with E-state index in [1.807, 2.05) is 24.3 Å². The van der Waals surface area contributed by atoms with Crippen molar-refractivity contribution in [2.75, 3.05) is 0 Å². The first-order valence-electron chi connectivity index (χ1n) is 18.0. The summed E-state index contributed by atoms with van der Waals surface area (Å²) in [5.41, 5.74) is 7.70. The minimum absolute atomic E-state index is 0.651. The zero-order chi connectivity index (χ0) is 35.2. The largest absolute Gasteiger partial charge is 0.208 e. The van der Waals surface area contributed by atoms with Crippen molar-refractivity contribution in [3.8, 4) is 56.4 Å². The zero-order valence-corrected chi connectivity index (χ0v) is 29.9. The van der Waals surface area contributed by atoms with Gasteiger partial charge in [-0.3, -0.25) is 0 Å². The maximum Gasteiger partial charge on any atom is 0.181 e. The van der Waals surface area contributed by atoms with Crippen molar-refractivity contribution in [3.05, 3.63) is 200 Å². The third-order valence-corrected chi connectivity index (χ3v) is 15.5. The highest BCUT2D eigenvalue weighted by Gasteiger charge is 2.50. The molecule has 248 valence electrons. The van der Waals surface area contributed by atoms with E-state index in [9.17, 15) is 0 Å². The maximum absolute atomic E-state index is 5.29. The van der Waals surface area contributed by atoms with Gasteiger partial charge in [0.2, 0.25) is 0 Å². The first kappa shape index (κ1) is 31.0. The quantitative estimate of drug-likeness (QED) is 0.163. The average molecular weight is 692 g/mol. The molecule has 3 nitrogen and oxygen atoms in total. The Morgan fingerprint density at radius 3 is 1.53 bits per heavy atom. The summed E-state index contributed by atoms with van der Waals surface area (Å²) in [6.07, 6.45) is 0. The maximum atomic E-state index is 5.29. The third kappa shape index (κ3) is 5.07. The van der Waals surface area contributed by atoms with Crippen LogP contribution in [0.3, 0.4) is 0 Å². The van der Waals surface area contributed by atoms with Crippen molar-refractivity contribution >= 4 is 39.6 Å². The number of fused-ring (bicyclic) bond motifs is 4. The van der Waals surface area contributed by atoms with Gasteiger partial charge in [0.1, 0.15) is 0 Å². The zero-order valence-electron chi connectivity index (χ0n) is 28.9. The Morgan fingerprint density at radius 1 is 0.302 bits per heavy atom. The minimum Gasteiger partial charge on any atom is -0.208 e. The second-order valence-electron chi connectivity index (χ2n) is 13.5. The van der Waals surface area contributed by atoms with E-state index in [-0.39, 0.29) is 0 Å². The molecule has 0 spiro atoms. The van der Waals surface area contributed by atoms with Crippen LogP contribution >= 0.6 is 0 Å². The van der Waals surface area contributed by atoms with Crippen molar-refractivity contribution in [1.82, 2.24) is 15.0 Å². The molecule has 1 aromatic heterocycles. The summed E-state index contributed by atoms with van der Waals surface area (Å²) in [6, 6.07) is 71.8. The molecule has 10 rings (SSSR count). The van der Waals surface area contributed by atoms with Crippen molar-refractivity contribution in [2.45, 2.75) is 0 Å². The highest BCUT2D eigenvalue weighted by molar-refractivity contribution is 7.23. The molecule has 0 fully saturated rings. The van der Waals surface area contributed by atoms with Crippen molar-refractivity contribution < 1.29 is 0 Å². The summed E-state index contributed by atoms with van der Waals surface area (Å²) < 4.78 is 0. The molecule has 1 unspecified atom stereocenters. The van der Waals surface area contributed by atoms with E-state index in [1.54, 1.807) is 0 Å². The highest BCUT2D eigenvalue weighted by Crippen LogP contribution is 2.37. The molecule has 0 amide bonds. The highest BCUT2D eigenvalue weighted by atomic mass is 28.3. The summed E-state index contributed by atoms with van der Waals surface area (Å²) in [5.74, 6) is 1.98. The molecular weight excluding hydrogens is 659 g/mol. The molecule has 0 N–H and O–H groups in total. The van der Waals surface area contributed by atoms with Gasteiger partial charge in [-0.1, -0.05) is 200 Å². The summed E-state index contributed by atoms with van der Waals surface area (Å²) in [6.45, 7) is 0. The number of aromatic nitrogens is 3. The molecule has 0 saturated carbocycles. The van der Waals surface area contributed by atoms with Crippen LogP contribution in [0, 0.1) is 0 Å². The Kier molecular flexibility index (Phi) is 7.48. The number of hydrogen-bond donors (Lipinski definition) is 0. The molecule has 8 aromatic carbocycles. The molecule has 53 heavy (non-hydrogen) atoms. The Balaban J connectivity index is 1.24. The van der Waals surface area contributed by atoms with Gasteiger partial charge in [-0.2, -0.15) is 0 Å². The predicted molar refractivity (Wildman–Crippen MR) is 222 cm³/mol. The average Bonchev–Trinajstić information content (AvgIpc) is 3.55. The van der Waals surface area contributed by atoms with Crippen LogP contribution in [-0.4, -0.2) is 23.0 Å². The van der Waals surface area contributed by atoms with E-state index >= 15 is 0 Å². The molecule has 0 radical (unpaired) electrons. The number of benzene rings is 8. The fraction of sp³-hybridized carbons (Fsp3) is 0. The minimum atomic E-state index is -2.82.